The summed E-state index contributed by atoms with van der Waals surface area (Å²) in [7, 11) is 0. The van der Waals surface area contributed by atoms with E-state index in [-0.39, 0.29) is 29.9 Å². The molecule has 1 spiro atoms. The maximum Gasteiger partial charge on any atom is 0.253 e. The van der Waals surface area contributed by atoms with Crippen molar-refractivity contribution in [2.45, 2.75) is 12.8 Å². The van der Waals surface area contributed by atoms with Crippen molar-refractivity contribution in [3.05, 3.63) is 53.1 Å². The van der Waals surface area contributed by atoms with Gasteiger partial charge in [-0.3, -0.25) is 9.59 Å². The Morgan fingerprint density at radius 1 is 1.11 bits per heavy atom. The lowest BCUT2D eigenvalue weighted by Gasteiger charge is -2.17. The average Bonchev–Trinajstić information content (AvgIpc) is 3.02. The molecule has 28 heavy (non-hydrogen) atoms. The number of rotatable bonds is 3. The van der Waals surface area contributed by atoms with Gasteiger partial charge < -0.3 is 19.7 Å². The van der Waals surface area contributed by atoms with Crippen molar-refractivity contribution in [3.8, 4) is 11.5 Å². The Hall–Kier alpha value is -2.73. The molecular formula is C21H19ClN2O4. The first kappa shape index (κ1) is 17.4. The summed E-state index contributed by atoms with van der Waals surface area (Å²) in [5.74, 6) is 1.26. The number of carbonyl (C=O) groups is 2. The summed E-state index contributed by atoms with van der Waals surface area (Å²) < 4.78 is 10.6. The summed E-state index contributed by atoms with van der Waals surface area (Å²) >= 11 is 5.90. The molecule has 2 fully saturated rings. The van der Waals surface area contributed by atoms with Gasteiger partial charge in [0.15, 0.2) is 11.5 Å². The van der Waals surface area contributed by atoms with Gasteiger partial charge in [0, 0.05) is 46.8 Å². The van der Waals surface area contributed by atoms with Crippen molar-refractivity contribution in [3.63, 3.8) is 0 Å². The number of hydrogen-bond donors (Lipinski definition) is 1. The highest BCUT2D eigenvalue weighted by atomic mass is 35.5. The Morgan fingerprint density at radius 3 is 2.71 bits per heavy atom. The SMILES string of the molecule is O=C(Nc1ccc2c(c1)OCO2)[C@@H]1C[C@]12CCN(C(=O)c1ccc(Cl)cc1)C2. The highest BCUT2D eigenvalue weighted by molar-refractivity contribution is 6.30. The van der Waals surface area contributed by atoms with Crippen molar-refractivity contribution in [1.82, 2.24) is 4.90 Å². The van der Waals surface area contributed by atoms with Crippen LogP contribution in [0, 0.1) is 11.3 Å². The zero-order valence-electron chi connectivity index (χ0n) is 15.1. The van der Waals surface area contributed by atoms with Gasteiger partial charge in [-0.05, 0) is 49.2 Å². The van der Waals surface area contributed by atoms with Crippen LogP contribution in [0.3, 0.4) is 0 Å². The summed E-state index contributed by atoms with van der Waals surface area (Å²) in [5, 5.41) is 3.58. The molecule has 2 aliphatic heterocycles. The highest BCUT2D eigenvalue weighted by Crippen LogP contribution is 2.59. The lowest BCUT2D eigenvalue weighted by molar-refractivity contribution is -0.118. The molecule has 1 saturated carbocycles. The molecule has 6 nitrogen and oxygen atoms in total. The van der Waals surface area contributed by atoms with Crippen LogP contribution in [0.5, 0.6) is 11.5 Å². The molecule has 2 aromatic carbocycles. The number of amides is 2. The lowest BCUT2D eigenvalue weighted by atomic mass is 10.0. The number of benzene rings is 2. The maximum absolute atomic E-state index is 12.7. The first-order valence-corrected chi connectivity index (χ1v) is 9.67. The van der Waals surface area contributed by atoms with E-state index < -0.39 is 0 Å². The Labute approximate surface area is 167 Å². The molecule has 1 aliphatic carbocycles. The molecule has 0 bridgehead atoms. The lowest BCUT2D eigenvalue weighted by Crippen LogP contribution is -2.29. The molecular weight excluding hydrogens is 380 g/mol. The molecule has 2 amide bonds. The number of ether oxygens (including phenoxy) is 2. The molecule has 0 aromatic heterocycles. The minimum Gasteiger partial charge on any atom is -0.454 e. The van der Waals surface area contributed by atoms with Gasteiger partial charge in [0.2, 0.25) is 12.7 Å². The van der Waals surface area contributed by atoms with Gasteiger partial charge in [0.05, 0.1) is 0 Å². The van der Waals surface area contributed by atoms with E-state index in [0.717, 1.165) is 12.8 Å². The van der Waals surface area contributed by atoms with Crippen molar-refractivity contribution in [2.24, 2.45) is 11.3 Å². The number of carbonyl (C=O) groups excluding carboxylic acids is 2. The minimum absolute atomic E-state index is 0.000317. The molecule has 7 heteroatoms. The number of fused-ring (bicyclic) bond motifs is 1. The van der Waals surface area contributed by atoms with Crippen LogP contribution >= 0.6 is 11.6 Å². The third kappa shape index (κ3) is 2.98. The van der Waals surface area contributed by atoms with Gasteiger partial charge in [0.25, 0.3) is 5.91 Å². The van der Waals surface area contributed by atoms with Gasteiger partial charge in [-0.1, -0.05) is 11.6 Å². The molecule has 0 radical (unpaired) electrons. The molecule has 1 N–H and O–H groups in total. The molecule has 5 rings (SSSR count). The Bertz CT molecular complexity index is 961. The van der Waals surface area contributed by atoms with E-state index in [1.165, 1.54) is 0 Å². The van der Waals surface area contributed by atoms with Gasteiger partial charge in [-0.15, -0.1) is 0 Å². The number of nitrogens with one attached hydrogen (secondary N) is 1. The molecule has 2 heterocycles. The first-order valence-electron chi connectivity index (χ1n) is 9.29. The second-order valence-electron chi connectivity index (χ2n) is 7.66. The summed E-state index contributed by atoms with van der Waals surface area (Å²) in [4.78, 5) is 27.3. The van der Waals surface area contributed by atoms with E-state index >= 15 is 0 Å². The number of hydrogen-bond acceptors (Lipinski definition) is 4. The predicted molar refractivity (Wildman–Crippen MR) is 104 cm³/mol. The third-order valence-electron chi connectivity index (χ3n) is 5.91. The van der Waals surface area contributed by atoms with E-state index in [9.17, 15) is 9.59 Å². The molecule has 0 unspecified atom stereocenters. The second kappa shape index (κ2) is 6.41. The summed E-state index contributed by atoms with van der Waals surface area (Å²) in [6.07, 6.45) is 1.67. The van der Waals surface area contributed by atoms with Crippen LogP contribution in [-0.2, 0) is 4.79 Å². The van der Waals surface area contributed by atoms with E-state index in [2.05, 4.69) is 5.32 Å². The van der Waals surface area contributed by atoms with Crippen molar-refractivity contribution in [2.75, 3.05) is 25.2 Å². The summed E-state index contributed by atoms with van der Waals surface area (Å²) in [6, 6.07) is 12.3. The van der Waals surface area contributed by atoms with E-state index in [1.807, 2.05) is 11.0 Å². The molecule has 2 atom stereocenters. The smallest absolute Gasteiger partial charge is 0.253 e. The number of halogens is 1. The topological polar surface area (TPSA) is 67.9 Å². The summed E-state index contributed by atoms with van der Waals surface area (Å²) in [6.45, 7) is 1.50. The number of nitrogens with zero attached hydrogens (tertiary/aromatic N) is 1. The molecule has 144 valence electrons. The summed E-state index contributed by atoms with van der Waals surface area (Å²) in [5.41, 5.74) is 1.23. The molecule has 1 saturated heterocycles. The van der Waals surface area contributed by atoms with E-state index in [1.54, 1.807) is 36.4 Å². The van der Waals surface area contributed by atoms with Gasteiger partial charge >= 0.3 is 0 Å². The van der Waals surface area contributed by atoms with Gasteiger partial charge in [0.1, 0.15) is 0 Å². The third-order valence-corrected chi connectivity index (χ3v) is 6.16. The Kier molecular flexibility index (Phi) is 3.98. The van der Waals surface area contributed by atoms with Crippen molar-refractivity contribution >= 4 is 29.1 Å². The number of anilines is 1. The van der Waals surface area contributed by atoms with Crippen LogP contribution in [0.25, 0.3) is 0 Å². The molecule has 2 aromatic rings. The highest BCUT2D eigenvalue weighted by Gasteiger charge is 2.61. The largest absolute Gasteiger partial charge is 0.454 e. The first-order chi connectivity index (χ1) is 13.5. The van der Waals surface area contributed by atoms with Gasteiger partial charge in [-0.2, -0.15) is 0 Å². The van der Waals surface area contributed by atoms with Crippen molar-refractivity contribution in [1.29, 1.82) is 0 Å². The van der Waals surface area contributed by atoms with Crippen LogP contribution in [0.1, 0.15) is 23.2 Å². The zero-order valence-corrected chi connectivity index (χ0v) is 15.9. The fraction of sp³-hybridized carbons (Fsp3) is 0.333. The fourth-order valence-electron chi connectivity index (χ4n) is 4.22. The van der Waals surface area contributed by atoms with Crippen LogP contribution in [0.15, 0.2) is 42.5 Å². The van der Waals surface area contributed by atoms with Crippen LogP contribution < -0.4 is 14.8 Å². The molecule has 3 aliphatic rings. The minimum atomic E-state index is -0.0947. The monoisotopic (exact) mass is 398 g/mol. The normalized spacial score (nSPS) is 24.5. The standard InChI is InChI=1S/C21H19ClN2O4/c22-14-3-1-13(2-4-14)20(26)24-8-7-21(11-24)10-16(21)19(25)23-15-5-6-17-18(9-15)28-12-27-17/h1-6,9,16H,7-8,10-12H2,(H,23,25)/t16-,21-/m0/s1. The van der Waals surface area contributed by atoms with Gasteiger partial charge in [-0.25, -0.2) is 0 Å². The Balaban J connectivity index is 1.22. The maximum atomic E-state index is 12.7. The average molecular weight is 399 g/mol. The van der Waals surface area contributed by atoms with Crippen LogP contribution in [-0.4, -0.2) is 36.6 Å². The van der Waals surface area contributed by atoms with E-state index in [0.29, 0.717) is 40.9 Å². The second-order valence-corrected chi connectivity index (χ2v) is 8.10. The van der Waals surface area contributed by atoms with Crippen LogP contribution in [0.2, 0.25) is 5.02 Å². The Morgan fingerprint density at radius 2 is 1.89 bits per heavy atom. The predicted octanol–water partition coefficient (Wildman–Crippen LogP) is 3.56. The fourth-order valence-corrected chi connectivity index (χ4v) is 4.34. The zero-order chi connectivity index (χ0) is 19.3. The number of likely N-dealkylation sites (tertiary alicyclic amines) is 1. The van der Waals surface area contributed by atoms with Crippen LogP contribution in [0.4, 0.5) is 5.69 Å². The van der Waals surface area contributed by atoms with Crippen molar-refractivity contribution < 1.29 is 19.1 Å². The quantitative estimate of drug-likeness (QED) is 0.858. The van der Waals surface area contributed by atoms with E-state index in [4.69, 9.17) is 21.1 Å².